The molecule has 0 saturated carbocycles. The van der Waals surface area contributed by atoms with E-state index in [1.807, 2.05) is 0 Å². The molecule has 1 N–H and O–H groups in total. The number of hydrogen-bond donors (Lipinski definition) is 1. The Hall–Kier alpha value is -0.770. The highest BCUT2D eigenvalue weighted by molar-refractivity contribution is 5.80. The molecular formula is C16H32N4. The van der Waals surface area contributed by atoms with Crippen LogP contribution in [0.3, 0.4) is 0 Å². The Labute approximate surface area is 124 Å². The molecule has 4 heteroatoms. The van der Waals surface area contributed by atoms with Crippen LogP contribution >= 0.6 is 0 Å². The van der Waals surface area contributed by atoms with Gasteiger partial charge in [0.15, 0.2) is 5.96 Å². The molecule has 0 aliphatic carbocycles. The lowest BCUT2D eigenvalue weighted by Gasteiger charge is -2.29. The summed E-state index contributed by atoms with van der Waals surface area (Å²) in [6.45, 7) is 12.6. The lowest BCUT2D eigenvalue weighted by atomic mass is 10.1. The molecule has 1 unspecified atom stereocenters. The van der Waals surface area contributed by atoms with Gasteiger partial charge in [0, 0.05) is 32.7 Å². The monoisotopic (exact) mass is 280 g/mol. The molecule has 2 fully saturated rings. The number of nitrogens with one attached hydrogen (secondary N) is 1. The fraction of sp³-hybridized carbons (Fsp3) is 0.938. The van der Waals surface area contributed by atoms with E-state index in [9.17, 15) is 0 Å². The van der Waals surface area contributed by atoms with Crippen molar-refractivity contribution in [3.8, 4) is 0 Å². The van der Waals surface area contributed by atoms with E-state index in [1.54, 1.807) is 0 Å². The Balaban J connectivity index is 1.77. The quantitative estimate of drug-likeness (QED) is 0.618. The third-order valence-electron chi connectivity index (χ3n) is 4.31. The second-order valence-electron chi connectivity index (χ2n) is 6.36. The molecule has 0 radical (unpaired) electrons. The predicted octanol–water partition coefficient (Wildman–Crippen LogP) is 2.17. The van der Waals surface area contributed by atoms with Crippen LogP contribution in [0, 0.1) is 5.92 Å². The maximum absolute atomic E-state index is 4.87. The molecule has 2 aliphatic heterocycles. The second kappa shape index (κ2) is 8.50. The minimum Gasteiger partial charge on any atom is -0.357 e. The first-order valence-electron chi connectivity index (χ1n) is 8.55. The van der Waals surface area contributed by atoms with E-state index in [-0.39, 0.29) is 0 Å². The van der Waals surface area contributed by atoms with Crippen LogP contribution in [0.4, 0.5) is 0 Å². The lowest BCUT2D eigenvalue weighted by molar-refractivity contribution is 0.202. The zero-order chi connectivity index (χ0) is 14.2. The average Bonchev–Trinajstić information content (AvgIpc) is 2.98. The van der Waals surface area contributed by atoms with Gasteiger partial charge in [0.25, 0.3) is 0 Å². The Morgan fingerprint density at radius 2 is 1.70 bits per heavy atom. The van der Waals surface area contributed by atoms with Crippen LogP contribution in [-0.4, -0.2) is 61.6 Å². The van der Waals surface area contributed by atoms with E-state index in [4.69, 9.17) is 4.99 Å². The van der Waals surface area contributed by atoms with Crippen molar-refractivity contribution in [2.45, 2.75) is 46.0 Å². The summed E-state index contributed by atoms with van der Waals surface area (Å²) < 4.78 is 0. The maximum Gasteiger partial charge on any atom is 0.193 e. The van der Waals surface area contributed by atoms with Gasteiger partial charge < -0.3 is 15.1 Å². The molecule has 1 atom stereocenters. The van der Waals surface area contributed by atoms with Gasteiger partial charge in [0.2, 0.25) is 0 Å². The first kappa shape index (κ1) is 15.6. The van der Waals surface area contributed by atoms with Crippen molar-refractivity contribution < 1.29 is 0 Å². The summed E-state index contributed by atoms with van der Waals surface area (Å²) >= 11 is 0. The molecule has 2 heterocycles. The van der Waals surface area contributed by atoms with Crippen molar-refractivity contribution in [2.24, 2.45) is 10.9 Å². The molecule has 0 spiro atoms. The van der Waals surface area contributed by atoms with Crippen LogP contribution in [0.2, 0.25) is 0 Å². The van der Waals surface area contributed by atoms with Crippen LogP contribution in [0.5, 0.6) is 0 Å². The molecule has 0 aromatic rings. The van der Waals surface area contributed by atoms with Gasteiger partial charge >= 0.3 is 0 Å². The third kappa shape index (κ3) is 4.97. The molecule has 0 amide bonds. The molecule has 0 aromatic carbocycles. The summed E-state index contributed by atoms with van der Waals surface area (Å²) in [7, 11) is 0. The Bertz CT molecular complexity index is 291. The van der Waals surface area contributed by atoms with Gasteiger partial charge in [-0.25, -0.2) is 0 Å². The van der Waals surface area contributed by atoms with Gasteiger partial charge in [-0.3, -0.25) is 4.99 Å². The van der Waals surface area contributed by atoms with Crippen molar-refractivity contribution in [3.05, 3.63) is 0 Å². The van der Waals surface area contributed by atoms with Crippen molar-refractivity contribution in [1.29, 1.82) is 0 Å². The molecule has 0 bridgehead atoms. The van der Waals surface area contributed by atoms with E-state index >= 15 is 0 Å². The first-order valence-corrected chi connectivity index (χ1v) is 8.55. The van der Waals surface area contributed by atoms with Crippen LogP contribution in [0.15, 0.2) is 4.99 Å². The topological polar surface area (TPSA) is 30.9 Å². The predicted molar refractivity (Wildman–Crippen MR) is 86.2 cm³/mol. The number of likely N-dealkylation sites (tertiary alicyclic amines) is 2. The molecule has 116 valence electrons. The molecule has 2 rings (SSSR count). The largest absolute Gasteiger partial charge is 0.357 e. The minimum absolute atomic E-state index is 0.657. The fourth-order valence-corrected chi connectivity index (χ4v) is 3.24. The normalized spacial score (nSPS) is 23.1. The van der Waals surface area contributed by atoms with Gasteiger partial charge in [0.05, 0.1) is 0 Å². The Morgan fingerprint density at radius 1 is 1.05 bits per heavy atom. The first-order chi connectivity index (χ1) is 9.79. The van der Waals surface area contributed by atoms with Gasteiger partial charge in [-0.15, -0.1) is 0 Å². The summed E-state index contributed by atoms with van der Waals surface area (Å²) in [6.07, 6.45) is 6.81. The standard InChI is InChI=1S/C16H32N4/c1-3-17-16(20-11-7-8-12-20)18-13-15(2)14-19-9-5-4-6-10-19/h15H,3-14H2,1-2H3,(H,17,18). The van der Waals surface area contributed by atoms with E-state index in [1.165, 1.54) is 64.8 Å². The third-order valence-corrected chi connectivity index (χ3v) is 4.31. The number of hydrogen-bond acceptors (Lipinski definition) is 2. The highest BCUT2D eigenvalue weighted by Gasteiger charge is 2.17. The molecule has 4 nitrogen and oxygen atoms in total. The molecule has 20 heavy (non-hydrogen) atoms. The van der Waals surface area contributed by atoms with Crippen molar-refractivity contribution in [2.75, 3.05) is 45.8 Å². The Morgan fingerprint density at radius 3 is 2.35 bits per heavy atom. The summed E-state index contributed by atoms with van der Waals surface area (Å²) in [5, 5.41) is 3.45. The van der Waals surface area contributed by atoms with Crippen LogP contribution in [0.1, 0.15) is 46.0 Å². The summed E-state index contributed by atoms with van der Waals surface area (Å²) in [5.74, 6) is 1.79. The second-order valence-corrected chi connectivity index (χ2v) is 6.36. The van der Waals surface area contributed by atoms with E-state index < -0.39 is 0 Å². The maximum atomic E-state index is 4.87. The highest BCUT2D eigenvalue weighted by Crippen LogP contribution is 2.12. The molecular weight excluding hydrogens is 248 g/mol. The van der Waals surface area contributed by atoms with Crippen LogP contribution < -0.4 is 5.32 Å². The number of aliphatic imine (C=N–C) groups is 1. The lowest BCUT2D eigenvalue weighted by Crippen LogP contribution is -2.40. The minimum atomic E-state index is 0.657. The van der Waals surface area contributed by atoms with E-state index in [2.05, 4.69) is 29.0 Å². The summed E-state index contributed by atoms with van der Waals surface area (Å²) in [4.78, 5) is 9.90. The van der Waals surface area contributed by atoms with E-state index in [0.717, 1.165) is 19.0 Å². The SMILES string of the molecule is CCNC(=NCC(C)CN1CCCCC1)N1CCCC1. The summed E-state index contributed by atoms with van der Waals surface area (Å²) in [6, 6.07) is 0. The Kier molecular flexibility index (Phi) is 6.64. The number of nitrogens with zero attached hydrogens (tertiary/aromatic N) is 3. The zero-order valence-corrected chi connectivity index (χ0v) is 13.4. The van der Waals surface area contributed by atoms with Crippen LogP contribution in [-0.2, 0) is 0 Å². The number of piperidine rings is 1. The molecule has 2 aliphatic rings. The van der Waals surface area contributed by atoms with Crippen molar-refractivity contribution >= 4 is 5.96 Å². The average molecular weight is 280 g/mol. The van der Waals surface area contributed by atoms with Gasteiger partial charge in [0.1, 0.15) is 0 Å². The van der Waals surface area contributed by atoms with E-state index in [0.29, 0.717) is 5.92 Å². The molecule has 0 aromatic heterocycles. The highest BCUT2D eigenvalue weighted by atomic mass is 15.3. The zero-order valence-electron chi connectivity index (χ0n) is 13.4. The van der Waals surface area contributed by atoms with Gasteiger partial charge in [-0.2, -0.15) is 0 Å². The van der Waals surface area contributed by atoms with Crippen molar-refractivity contribution in [3.63, 3.8) is 0 Å². The van der Waals surface area contributed by atoms with Crippen molar-refractivity contribution in [1.82, 2.24) is 15.1 Å². The van der Waals surface area contributed by atoms with Crippen LogP contribution in [0.25, 0.3) is 0 Å². The molecule has 2 saturated heterocycles. The fourth-order valence-electron chi connectivity index (χ4n) is 3.24. The van der Waals surface area contributed by atoms with Gasteiger partial charge in [-0.05, 0) is 51.6 Å². The smallest absolute Gasteiger partial charge is 0.193 e. The summed E-state index contributed by atoms with van der Waals surface area (Å²) in [5.41, 5.74) is 0. The number of rotatable bonds is 5. The number of guanidine groups is 1. The van der Waals surface area contributed by atoms with Gasteiger partial charge in [-0.1, -0.05) is 13.3 Å².